The summed E-state index contributed by atoms with van der Waals surface area (Å²) in [6.07, 6.45) is 0. The SMILES string of the molecule is N#CC(N)c1cccc(Br)n1. The van der Waals surface area contributed by atoms with Gasteiger partial charge in [-0.25, -0.2) is 4.98 Å². The second kappa shape index (κ2) is 3.46. The van der Waals surface area contributed by atoms with Crippen molar-refractivity contribution in [3.05, 3.63) is 28.5 Å². The predicted molar refractivity (Wildman–Crippen MR) is 44.5 cm³/mol. The van der Waals surface area contributed by atoms with Gasteiger partial charge in [0.1, 0.15) is 10.6 Å². The lowest BCUT2D eigenvalue weighted by atomic mass is 10.2. The summed E-state index contributed by atoms with van der Waals surface area (Å²) in [6, 6.07) is 6.57. The fraction of sp³-hybridized carbons (Fsp3) is 0.143. The number of nitrogens with two attached hydrogens (primary N) is 1. The molecule has 11 heavy (non-hydrogen) atoms. The van der Waals surface area contributed by atoms with Crippen LogP contribution in [0.4, 0.5) is 0 Å². The first-order valence-electron chi connectivity index (χ1n) is 3.01. The van der Waals surface area contributed by atoms with E-state index in [1.165, 1.54) is 0 Å². The maximum atomic E-state index is 8.45. The molecule has 56 valence electrons. The van der Waals surface area contributed by atoms with E-state index in [0.29, 0.717) is 10.3 Å². The lowest BCUT2D eigenvalue weighted by Gasteiger charge is -2.00. The highest BCUT2D eigenvalue weighted by Gasteiger charge is 2.04. The molecule has 1 rings (SSSR count). The van der Waals surface area contributed by atoms with Crippen LogP contribution >= 0.6 is 15.9 Å². The predicted octanol–water partition coefficient (Wildman–Crippen LogP) is 1.37. The molecule has 0 saturated heterocycles. The van der Waals surface area contributed by atoms with E-state index in [4.69, 9.17) is 11.0 Å². The first kappa shape index (κ1) is 8.18. The zero-order valence-corrected chi connectivity index (χ0v) is 7.25. The van der Waals surface area contributed by atoms with Crippen LogP contribution < -0.4 is 5.73 Å². The minimum Gasteiger partial charge on any atom is -0.311 e. The molecule has 3 nitrogen and oxygen atoms in total. The van der Waals surface area contributed by atoms with Gasteiger partial charge in [0.2, 0.25) is 0 Å². The zero-order chi connectivity index (χ0) is 8.27. The molecule has 0 bridgehead atoms. The van der Waals surface area contributed by atoms with Crippen LogP contribution in [0.15, 0.2) is 22.8 Å². The van der Waals surface area contributed by atoms with E-state index < -0.39 is 6.04 Å². The second-order valence-electron chi connectivity index (χ2n) is 1.99. The summed E-state index contributed by atoms with van der Waals surface area (Å²) in [7, 11) is 0. The van der Waals surface area contributed by atoms with Gasteiger partial charge in [-0.1, -0.05) is 6.07 Å². The zero-order valence-electron chi connectivity index (χ0n) is 5.66. The molecule has 0 aliphatic rings. The van der Waals surface area contributed by atoms with Crippen molar-refractivity contribution in [3.63, 3.8) is 0 Å². The third-order valence-corrected chi connectivity index (χ3v) is 1.64. The van der Waals surface area contributed by atoms with E-state index in [1.807, 2.05) is 6.07 Å². The van der Waals surface area contributed by atoms with Gasteiger partial charge in [0.15, 0.2) is 0 Å². The Morgan fingerprint density at radius 3 is 2.91 bits per heavy atom. The van der Waals surface area contributed by atoms with Crippen LogP contribution in [0.5, 0.6) is 0 Å². The Bertz CT molecular complexity index is 292. The van der Waals surface area contributed by atoms with Crippen molar-refractivity contribution in [2.24, 2.45) is 5.73 Å². The Morgan fingerprint density at radius 2 is 2.36 bits per heavy atom. The van der Waals surface area contributed by atoms with Crippen molar-refractivity contribution >= 4 is 15.9 Å². The summed E-state index contributed by atoms with van der Waals surface area (Å²) in [5.74, 6) is 0. The first-order valence-corrected chi connectivity index (χ1v) is 3.81. The van der Waals surface area contributed by atoms with Crippen molar-refractivity contribution in [2.75, 3.05) is 0 Å². The number of hydrogen-bond donors (Lipinski definition) is 1. The van der Waals surface area contributed by atoms with Gasteiger partial charge in [0, 0.05) is 0 Å². The van der Waals surface area contributed by atoms with Crippen LogP contribution in [0.3, 0.4) is 0 Å². The molecule has 0 amide bonds. The normalized spacial score (nSPS) is 12.1. The van der Waals surface area contributed by atoms with Crippen LogP contribution in [-0.4, -0.2) is 4.98 Å². The summed E-state index contributed by atoms with van der Waals surface area (Å²) in [4.78, 5) is 4.01. The molecule has 0 fully saturated rings. The van der Waals surface area contributed by atoms with E-state index >= 15 is 0 Å². The quantitative estimate of drug-likeness (QED) is 0.715. The van der Waals surface area contributed by atoms with Crippen molar-refractivity contribution < 1.29 is 0 Å². The smallest absolute Gasteiger partial charge is 0.136 e. The van der Waals surface area contributed by atoms with Crippen LogP contribution in [0, 0.1) is 11.3 Å². The average Bonchev–Trinajstić information content (AvgIpc) is 2.03. The summed E-state index contributed by atoms with van der Waals surface area (Å²) >= 11 is 3.18. The summed E-state index contributed by atoms with van der Waals surface area (Å²) in [6.45, 7) is 0. The Hall–Kier alpha value is -0.920. The van der Waals surface area contributed by atoms with Gasteiger partial charge >= 0.3 is 0 Å². The lowest BCUT2D eigenvalue weighted by Crippen LogP contribution is -2.08. The molecular formula is C7H6BrN3. The maximum absolute atomic E-state index is 8.45. The molecule has 2 N–H and O–H groups in total. The standard InChI is InChI=1S/C7H6BrN3/c8-7-3-1-2-6(11-7)5(10)4-9/h1-3,5H,10H2. The number of nitriles is 1. The molecule has 0 aliphatic carbocycles. The monoisotopic (exact) mass is 211 g/mol. The van der Waals surface area contributed by atoms with Crippen molar-refractivity contribution in [1.82, 2.24) is 4.98 Å². The molecular weight excluding hydrogens is 206 g/mol. The van der Waals surface area contributed by atoms with Gasteiger partial charge in [0.05, 0.1) is 11.8 Å². The van der Waals surface area contributed by atoms with Crippen molar-refractivity contribution in [3.8, 4) is 6.07 Å². The van der Waals surface area contributed by atoms with Gasteiger partial charge in [0.25, 0.3) is 0 Å². The number of halogens is 1. The molecule has 4 heteroatoms. The summed E-state index contributed by atoms with van der Waals surface area (Å²) < 4.78 is 0.695. The molecule has 1 atom stereocenters. The summed E-state index contributed by atoms with van der Waals surface area (Å²) in [5.41, 5.74) is 6.00. The maximum Gasteiger partial charge on any atom is 0.136 e. The van der Waals surface area contributed by atoms with Gasteiger partial charge in [-0.05, 0) is 28.1 Å². The first-order chi connectivity index (χ1) is 5.24. The van der Waals surface area contributed by atoms with Gasteiger partial charge < -0.3 is 5.73 Å². The molecule has 0 aromatic carbocycles. The highest BCUT2D eigenvalue weighted by atomic mass is 79.9. The molecule has 1 aromatic heterocycles. The summed E-state index contributed by atoms with van der Waals surface area (Å²) in [5, 5.41) is 8.45. The van der Waals surface area contributed by atoms with Gasteiger partial charge in [-0.2, -0.15) is 5.26 Å². The van der Waals surface area contributed by atoms with Crippen LogP contribution in [0.1, 0.15) is 11.7 Å². The van der Waals surface area contributed by atoms with Gasteiger partial charge in [-0.15, -0.1) is 0 Å². The number of nitrogens with zero attached hydrogens (tertiary/aromatic N) is 2. The van der Waals surface area contributed by atoms with E-state index in [9.17, 15) is 0 Å². The molecule has 0 saturated carbocycles. The minimum atomic E-state index is -0.632. The van der Waals surface area contributed by atoms with Crippen molar-refractivity contribution in [2.45, 2.75) is 6.04 Å². The second-order valence-corrected chi connectivity index (χ2v) is 2.80. The van der Waals surface area contributed by atoms with Crippen LogP contribution in [-0.2, 0) is 0 Å². The Labute approximate surface area is 73.0 Å². The number of pyridine rings is 1. The Balaban J connectivity index is 2.98. The molecule has 1 unspecified atom stereocenters. The highest BCUT2D eigenvalue weighted by molar-refractivity contribution is 9.10. The number of hydrogen-bond acceptors (Lipinski definition) is 3. The lowest BCUT2D eigenvalue weighted by molar-refractivity contribution is 0.870. The largest absolute Gasteiger partial charge is 0.311 e. The number of aromatic nitrogens is 1. The molecule has 1 aromatic rings. The molecule has 1 heterocycles. The highest BCUT2D eigenvalue weighted by Crippen LogP contribution is 2.10. The minimum absolute atomic E-state index is 0.585. The molecule has 0 spiro atoms. The van der Waals surface area contributed by atoms with Crippen LogP contribution in [0.2, 0.25) is 0 Å². The van der Waals surface area contributed by atoms with E-state index in [0.717, 1.165) is 0 Å². The van der Waals surface area contributed by atoms with Crippen LogP contribution in [0.25, 0.3) is 0 Å². The molecule has 0 radical (unpaired) electrons. The third kappa shape index (κ3) is 2.00. The Kier molecular flexibility index (Phi) is 2.58. The van der Waals surface area contributed by atoms with Crippen molar-refractivity contribution in [1.29, 1.82) is 5.26 Å². The topological polar surface area (TPSA) is 62.7 Å². The Morgan fingerprint density at radius 1 is 1.64 bits per heavy atom. The fourth-order valence-electron chi connectivity index (χ4n) is 0.663. The average molecular weight is 212 g/mol. The van der Waals surface area contributed by atoms with E-state index in [-0.39, 0.29) is 0 Å². The third-order valence-electron chi connectivity index (χ3n) is 1.19. The number of rotatable bonds is 1. The van der Waals surface area contributed by atoms with Gasteiger partial charge in [-0.3, -0.25) is 0 Å². The molecule has 0 aliphatic heterocycles. The van der Waals surface area contributed by atoms with E-state index in [2.05, 4.69) is 20.9 Å². The van der Waals surface area contributed by atoms with E-state index in [1.54, 1.807) is 18.2 Å². The fourth-order valence-corrected chi connectivity index (χ4v) is 1.02.